The average Bonchev–Trinajstić information content (AvgIpc) is 3.27. The summed E-state index contributed by atoms with van der Waals surface area (Å²) in [5, 5.41) is 8.54. The number of ether oxygens (including phenoxy) is 2. The van der Waals surface area contributed by atoms with Crippen LogP contribution in [0, 0.1) is 12.8 Å². The molecule has 1 saturated heterocycles. The number of nitrogens with zero attached hydrogens (tertiary/aromatic N) is 7. The van der Waals surface area contributed by atoms with E-state index < -0.39 is 0 Å². The van der Waals surface area contributed by atoms with Gasteiger partial charge in [0.1, 0.15) is 17.1 Å². The van der Waals surface area contributed by atoms with E-state index in [2.05, 4.69) is 42.2 Å². The smallest absolute Gasteiger partial charge is 0.182 e. The first-order valence-corrected chi connectivity index (χ1v) is 12.1. The van der Waals surface area contributed by atoms with Crippen LogP contribution in [0.1, 0.15) is 37.2 Å². The van der Waals surface area contributed by atoms with Crippen LogP contribution in [0.4, 0.5) is 5.69 Å². The van der Waals surface area contributed by atoms with E-state index in [1.165, 1.54) is 0 Å². The number of morpholine rings is 1. The maximum absolute atomic E-state index is 6.57. The molecule has 176 valence electrons. The van der Waals surface area contributed by atoms with Crippen LogP contribution < -0.4 is 9.64 Å². The van der Waals surface area contributed by atoms with E-state index in [0.29, 0.717) is 5.92 Å². The molecule has 4 aromatic rings. The molecule has 1 saturated carbocycles. The van der Waals surface area contributed by atoms with E-state index in [-0.39, 0.29) is 6.10 Å². The van der Waals surface area contributed by atoms with Gasteiger partial charge in [-0.2, -0.15) is 0 Å². The summed E-state index contributed by atoms with van der Waals surface area (Å²) in [6, 6.07) is 4.24. The second kappa shape index (κ2) is 9.13. The minimum Gasteiger partial charge on any atom is -0.488 e. The molecule has 1 aliphatic carbocycles. The van der Waals surface area contributed by atoms with Crippen molar-refractivity contribution in [1.82, 2.24) is 29.5 Å². The van der Waals surface area contributed by atoms with Crippen LogP contribution in [0.2, 0.25) is 0 Å². The summed E-state index contributed by atoms with van der Waals surface area (Å²) in [4.78, 5) is 16.1. The number of aromatic nitrogens is 6. The third-order valence-corrected chi connectivity index (χ3v) is 7.04. The van der Waals surface area contributed by atoms with E-state index in [0.717, 1.165) is 98.0 Å². The van der Waals surface area contributed by atoms with Crippen LogP contribution in [0.5, 0.6) is 5.75 Å². The van der Waals surface area contributed by atoms with E-state index in [4.69, 9.17) is 9.47 Å². The lowest BCUT2D eigenvalue weighted by molar-refractivity contribution is 0.122. The lowest BCUT2D eigenvalue weighted by Crippen LogP contribution is -2.36. The van der Waals surface area contributed by atoms with Crippen LogP contribution in [0.25, 0.3) is 16.7 Å². The zero-order valence-electron chi connectivity index (χ0n) is 19.4. The largest absolute Gasteiger partial charge is 0.488 e. The van der Waals surface area contributed by atoms with Gasteiger partial charge in [-0.1, -0.05) is 0 Å². The molecule has 1 aromatic carbocycles. The number of anilines is 1. The van der Waals surface area contributed by atoms with Gasteiger partial charge in [0.25, 0.3) is 0 Å². The number of hydrogen-bond acceptors (Lipinski definition) is 8. The Morgan fingerprint density at radius 3 is 2.65 bits per heavy atom. The fourth-order valence-electron chi connectivity index (χ4n) is 5.17. The molecule has 0 spiro atoms. The molecule has 9 heteroatoms. The molecule has 2 fully saturated rings. The van der Waals surface area contributed by atoms with Gasteiger partial charge in [-0.3, -0.25) is 14.4 Å². The summed E-state index contributed by atoms with van der Waals surface area (Å²) < 4.78 is 14.1. The number of rotatable bonds is 5. The summed E-state index contributed by atoms with van der Waals surface area (Å²) >= 11 is 0. The molecule has 2 aliphatic rings. The van der Waals surface area contributed by atoms with Gasteiger partial charge in [0, 0.05) is 49.6 Å². The molecule has 3 aromatic heterocycles. The Bertz CT molecular complexity index is 1290. The van der Waals surface area contributed by atoms with Crippen LogP contribution >= 0.6 is 0 Å². The van der Waals surface area contributed by atoms with Crippen molar-refractivity contribution in [2.75, 3.05) is 31.2 Å². The van der Waals surface area contributed by atoms with Gasteiger partial charge in [-0.05, 0) is 51.0 Å². The van der Waals surface area contributed by atoms with E-state index >= 15 is 0 Å². The molecule has 4 heterocycles. The monoisotopic (exact) mass is 459 g/mol. The molecule has 9 nitrogen and oxygen atoms in total. The Hall–Kier alpha value is -3.33. The standard InChI is InChI=1S/C25H29N7O2/c1-17-29-30-25-22(27-8-9-32(17)25)14-18-2-4-20(5-3-18)34-23-16-19(31-10-12-33-13-11-31)15-21-24(23)28-7-6-26-21/h6-9,15-16,18,20H,2-5,10-14H2,1H3. The molecule has 0 atom stereocenters. The van der Waals surface area contributed by atoms with E-state index in [9.17, 15) is 0 Å². The quantitative estimate of drug-likeness (QED) is 0.449. The Balaban J connectivity index is 1.16. The highest BCUT2D eigenvalue weighted by Crippen LogP contribution is 2.34. The second-order valence-corrected chi connectivity index (χ2v) is 9.25. The van der Waals surface area contributed by atoms with Gasteiger partial charge >= 0.3 is 0 Å². The van der Waals surface area contributed by atoms with Crippen LogP contribution in [-0.2, 0) is 11.2 Å². The Labute approximate surface area is 198 Å². The molecule has 0 amide bonds. The van der Waals surface area contributed by atoms with Crippen molar-refractivity contribution in [1.29, 1.82) is 0 Å². The molecule has 0 bridgehead atoms. The van der Waals surface area contributed by atoms with Crippen LogP contribution in [-0.4, -0.2) is 62.0 Å². The van der Waals surface area contributed by atoms with Gasteiger partial charge < -0.3 is 14.4 Å². The van der Waals surface area contributed by atoms with Gasteiger partial charge in [-0.25, -0.2) is 4.98 Å². The van der Waals surface area contributed by atoms with Gasteiger partial charge in [-0.15, -0.1) is 10.2 Å². The van der Waals surface area contributed by atoms with Crippen molar-refractivity contribution in [2.24, 2.45) is 5.92 Å². The van der Waals surface area contributed by atoms with E-state index in [1.54, 1.807) is 12.4 Å². The number of fused-ring (bicyclic) bond motifs is 2. The second-order valence-electron chi connectivity index (χ2n) is 9.25. The van der Waals surface area contributed by atoms with Gasteiger partial charge in [0.15, 0.2) is 5.65 Å². The maximum Gasteiger partial charge on any atom is 0.182 e. The van der Waals surface area contributed by atoms with Crippen molar-refractivity contribution < 1.29 is 9.47 Å². The first-order valence-electron chi connectivity index (χ1n) is 12.1. The predicted molar refractivity (Wildman–Crippen MR) is 128 cm³/mol. The Kier molecular flexibility index (Phi) is 5.70. The molecule has 6 rings (SSSR count). The number of aryl methyl sites for hydroxylation is 1. The fourth-order valence-corrected chi connectivity index (χ4v) is 5.17. The van der Waals surface area contributed by atoms with Crippen LogP contribution in [0.3, 0.4) is 0 Å². The van der Waals surface area contributed by atoms with Crippen molar-refractivity contribution in [3.05, 3.63) is 48.4 Å². The highest BCUT2D eigenvalue weighted by Gasteiger charge is 2.25. The first kappa shape index (κ1) is 21.2. The van der Waals surface area contributed by atoms with Gasteiger partial charge in [0.05, 0.1) is 30.5 Å². The van der Waals surface area contributed by atoms with Crippen LogP contribution in [0.15, 0.2) is 36.9 Å². The summed E-state index contributed by atoms with van der Waals surface area (Å²) in [6.07, 6.45) is 12.6. The van der Waals surface area contributed by atoms with Gasteiger partial charge in [0.2, 0.25) is 0 Å². The number of hydrogen-bond donors (Lipinski definition) is 0. The normalized spacial score (nSPS) is 21.3. The van der Waals surface area contributed by atoms with E-state index in [1.807, 2.05) is 23.7 Å². The topological polar surface area (TPSA) is 90.6 Å². The molecule has 34 heavy (non-hydrogen) atoms. The molecule has 0 N–H and O–H groups in total. The molecular weight excluding hydrogens is 430 g/mol. The predicted octanol–water partition coefficient (Wildman–Crippen LogP) is 3.39. The summed E-state index contributed by atoms with van der Waals surface area (Å²) in [5.74, 6) is 2.30. The summed E-state index contributed by atoms with van der Waals surface area (Å²) in [7, 11) is 0. The SMILES string of the molecule is Cc1nnc2c(CC3CCC(Oc4cc(N5CCOCC5)cc5nccnc45)CC3)nccn12. The maximum atomic E-state index is 6.57. The Morgan fingerprint density at radius 1 is 0.971 bits per heavy atom. The summed E-state index contributed by atoms with van der Waals surface area (Å²) in [5.41, 5.74) is 4.75. The minimum atomic E-state index is 0.181. The first-order chi connectivity index (χ1) is 16.7. The van der Waals surface area contributed by atoms with Crippen molar-refractivity contribution in [3.63, 3.8) is 0 Å². The number of benzene rings is 1. The average molecular weight is 460 g/mol. The zero-order chi connectivity index (χ0) is 22.9. The lowest BCUT2D eigenvalue weighted by atomic mass is 9.84. The highest BCUT2D eigenvalue weighted by atomic mass is 16.5. The highest BCUT2D eigenvalue weighted by molar-refractivity contribution is 5.85. The lowest BCUT2D eigenvalue weighted by Gasteiger charge is -2.31. The summed E-state index contributed by atoms with van der Waals surface area (Å²) in [6.45, 7) is 5.21. The minimum absolute atomic E-state index is 0.181. The zero-order valence-corrected chi connectivity index (χ0v) is 19.4. The third-order valence-electron chi connectivity index (χ3n) is 7.04. The van der Waals surface area contributed by atoms with Crippen molar-refractivity contribution in [2.45, 2.75) is 45.1 Å². The molecule has 0 radical (unpaired) electrons. The molecular formula is C25H29N7O2. The molecule has 0 unspecified atom stereocenters. The fraction of sp³-hybridized carbons (Fsp3) is 0.480. The van der Waals surface area contributed by atoms with Crippen molar-refractivity contribution >= 4 is 22.4 Å². The van der Waals surface area contributed by atoms with Crippen molar-refractivity contribution in [3.8, 4) is 5.75 Å². The third kappa shape index (κ3) is 4.16. The molecule has 1 aliphatic heterocycles. The Morgan fingerprint density at radius 2 is 1.79 bits per heavy atom.